The highest BCUT2D eigenvalue weighted by molar-refractivity contribution is 7.99. The van der Waals surface area contributed by atoms with Crippen LogP contribution in [0.2, 0.25) is 0 Å². The van der Waals surface area contributed by atoms with E-state index in [0.29, 0.717) is 10.4 Å². The van der Waals surface area contributed by atoms with E-state index in [-0.39, 0.29) is 5.91 Å². The number of hydrogen-bond acceptors (Lipinski definition) is 5. The van der Waals surface area contributed by atoms with Gasteiger partial charge in [-0.05, 0) is 18.2 Å². The summed E-state index contributed by atoms with van der Waals surface area (Å²) < 4.78 is 0. The summed E-state index contributed by atoms with van der Waals surface area (Å²) in [5.74, 6) is -1.03. The molecule has 0 fully saturated rings. The van der Waals surface area contributed by atoms with E-state index in [1.165, 1.54) is 34.2 Å². The standard InChI is InChI=1S/C13H12N2O3S2/c1-15(2)12(16)8-3-4-11(14-6-8)20-9-5-10(13(17)18)19-7-9/h3-7H,1-2H3,(H,17,18). The zero-order valence-electron chi connectivity index (χ0n) is 10.9. The number of hydrogen-bond donors (Lipinski definition) is 1. The third-order valence-corrected chi connectivity index (χ3v) is 4.39. The summed E-state index contributed by atoms with van der Waals surface area (Å²) in [7, 11) is 3.37. The molecular weight excluding hydrogens is 296 g/mol. The molecule has 0 aromatic carbocycles. The lowest BCUT2D eigenvalue weighted by atomic mass is 10.2. The van der Waals surface area contributed by atoms with Gasteiger partial charge in [-0.1, -0.05) is 11.8 Å². The fraction of sp³-hybridized carbons (Fsp3) is 0.154. The first-order valence-electron chi connectivity index (χ1n) is 5.65. The van der Waals surface area contributed by atoms with Gasteiger partial charge in [-0.3, -0.25) is 4.79 Å². The summed E-state index contributed by atoms with van der Waals surface area (Å²) in [5, 5.41) is 11.3. The van der Waals surface area contributed by atoms with Crippen molar-refractivity contribution in [3.63, 3.8) is 0 Å². The number of thiophene rings is 1. The Bertz CT molecular complexity index is 635. The van der Waals surface area contributed by atoms with E-state index in [9.17, 15) is 9.59 Å². The second-order valence-corrected chi connectivity index (χ2v) is 6.14. The number of pyridine rings is 1. The predicted molar refractivity (Wildman–Crippen MR) is 77.7 cm³/mol. The molecular formula is C13H12N2O3S2. The summed E-state index contributed by atoms with van der Waals surface area (Å²) >= 11 is 2.55. The molecule has 0 atom stereocenters. The van der Waals surface area contributed by atoms with E-state index < -0.39 is 5.97 Å². The van der Waals surface area contributed by atoms with Gasteiger partial charge in [0.2, 0.25) is 0 Å². The van der Waals surface area contributed by atoms with Crippen molar-refractivity contribution >= 4 is 35.0 Å². The van der Waals surface area contributed by atoms with E-state index >= 15 is 0 Å². The maximum Gasteiger partial charge on any atom is 0.345 e. The average Bonchev–Trinajstić information content (AvgIpc) is 2.87. The van der Waals surface area contributed by atoms with E-state index in [1.807, 2.05) is 0 Å². The first kappa shape index (κ1) is 14.5. The lowest BCUT2D eigenvalue weighted by Gasteiger charge is -2.09. The fourth-order valence-electron chi connectivity index (χ4n) is 1.43. The van der Waals surface area contributed by atoms with Gasteiger partial charge in [0.15, 0.2) is 0 Å². The van der Waals surface area contributed by atoms with Crippen LogP contribution in [-0.2, 0) is 0 Å². The highest BCUT2D eigenvalue weighted by atomic mass is 32.2. The minimum atomic E-state index is -0.929. The summed E-state index contributed by atoms with van der Waals surface area (Å²) in [6.07, 6.45) is 1.52. The maximum absolute atomic E-state index is 11.7. The smallest absolute Gasteiger partial charge is 0.345 e. The van der Waals surface area contributed by atoms with E-state index in [4.69, 9.17) is 5.11 Å². The van der Waals surface area contributed by atoms with Gasteiger partial charge < -0.3 is 10.0 Å². The minimum Gasteiger partial charge on any atom is -0.477 e. The quantitative estimate of drug-likeness (QED) is 0.940. The number of carboxylic acid groups (broad SMARTS) is 1. The van der Waals surface area contributed by atoms with Gasteiger partial charge in [0.1, 0.15) is 9.90 Å². The molecule has 1 amide bonds. The van der Waals surface area contributed by atoms with Crippen LogP contribution in [0.5, 0.6) is 0 Å². The Morgan fingerprint density at radius 3 is 2.60 bits per heavy atom. The zero-order valence-corrected chi connectivity index (χ0v) is 12.5. The molecule has 0 saturated heterocycles. The average molecular weight is 308 g/mol. The highest BCUT2D eigenvalue weighted by Gasteiger charge is 2.10. The number of carbonyl (C=O) groups is 2. The van der Waals surface area contributed by atoms with Crippen LogP contribution in [0.15, 0.2) is 39.7 Å². The number of aromatic carboxylic acids is 1. The molecule has 0 saturated carbocycles. The molecule has 2 rings (SSSR count). The molecule has 0 unspecified atom stereocenters. The van der Waals surface area contributed by atoms with E-state index in [1.54, 1.807) is 37.7 Å². The third-order valence-electron chi connectivity index (χ3n) is 2.40. The maximum atomic E-state index is 11.7. The van der Waals surface area contributed by atoms with Crippen molar-refractivity contribution in [3.8, 4) is 0 Å². The Hall–Kier alpha value is -1.86. The monoisotopic (exact) mass is 308 g/mol. The Kier molecular flexibility index (Phi) is 4.41. The molecule has 2 aromatic heterocycles. The van der Waals surface area contributed by atoms with Crippen molar-refractivity contribution in [1.29, 1.82) is 0 Å². The molecule has 104 valence electrons. The van der Waals surface area contributed by atoms with E-state index in [2.05, 4.69) is 4.98 Å². The van der Waals surface area contributed by atoms with Crippen LogP contribution in [0.3, 0.4) is 0 Å². The number of amides is 1. The van der Waals surface area contributed by atoms with Gasteiger partial charge in [0.25, 0.3) is 5.91 Å². The topological polar surface area (TPSA) is 70.5 Å². The molecule has 0 aliphatic carbocycles. The van der Waals surface area contributed by atoms with Crippen LogP contribution in [0, 0.1) is 0 Å². The Morgan fingerprint density at radius 2 is 2.10 bits per heavy atom. The summed E-state index contributed by atoms with van der Waals surface area (Å²) in [6.45, 7) is 0. The van der Waals surface area contributed by atoms with Gasteiger partial charge in [-0.15, -0.1) is 11.3 Å². The fourth-order valence-corrected chi connectivity index (χ4v) is 3.11. The molecule has 0 spiro atoms. The van der Waals surface area contributed by atoms with Crippen molar-refractivity contribution in [1.82, 2.24) is 9.88 Å². The lowest BCUT2D eigenvalue weighted by Crippen LogP contribution is -2.21. The van der Waals surface area contributed by atoms with Crippen molar-refractivity contribution in [2.45, 2.75) is 9.92 Å². The molecule has 7 heteroatoms. The number of rotatable bonds is 4. The number of aromatic nitrogens is 1. The van der Waals surface area contributed by atoms with E-state index in [0.717, 1.165) is 9.92 Å². The molecule has 0 aliphatic heterocycles. The second kappa shape index (κ2) is 6.06. The number of nitrogens with zero attached hydrogens (tertiary/aromatic N) is 2. The molecule has 5 nitrogen and oxygen atoms in total. The molecule has 20 heavy (non-hydrogen) atoms. The normalized spacial score (nSPS) is 10.3. The SMILES string of the molecule is CN(C)C(=O)c1ccc(Sc2csc(C(=O)O)c2)nc1. The molecule has 0 aliphatic rings. The van der Waals surface area contributed by atoms with Gasteiger partial charge >= 0.3 is 5.97 Å². The van der Waals surface area contributed by atoms with Crippen molar-refractivity contribution < 1.29 is 14.7 Å². The number of carbonyl (C=O) groups excluding carboxylic acids is 1. The van der Waals surface area contributed by atoms with Crippen LogP contribution >= 0.6 is 23.1 Å². The molecule has 0 radical (unpaired) electrons. The minimum absolute atomic E-state index is 0.0993. The highest BCUT2D eigenvalue weighted by Crippen LogP contribution is 2.30. The zero-order chi connectivity index (χ0) is 14.7. The molecule has 0 bridgehead atoms. The molecule has 2 heterocycles. The van der Waals surface area contributed by atoms with Crippen molar-refractivity contribution in [3.05, 3.63) is 40.2 Å². The first-order chi connectivity index (χ1) is 9.47. The van der Waals surface area contributed by atoms with Crippen molar-refractivity contribution in [2.24, 2.45) is 0 Å². The summed E-state index contributed by atoms with van der Waals surface area (Å²) in [6, 6.07) is 5.07. The van der Waals surface area contributed by atoms with Gasteiger partial charge in [-0.2, -0.15) is 0 Å². The number of carboxylic acids is 1. The van der Waals surface area contributed by atoms with Gasteiger partial charge in [0.05, 0.1) is 5.56 Å². The predicted octanol–water partition coefficient (Wildman–Crippen LogP) is 2.69. The van der Waals surface area contributed by atoms with Crippen LogP contribution < -0.4 is 0 Å². The molecule has 1 N–H and O–H groups in total. The van der Waals surface area contributed by atoms with Crippen LogP contribution in [0.25, 0.3) is 0 Å². The van der Waals surface area contributed by atoms with Crippen molar-refractivity contribution in [2.75, 3.05) is 14.1 Å². The van der Waals surface area contributed by atoms with Gasteiger partial charge in [-0.25, -0.2) is 9.78 Å². The molecule has 2 aromatic rings. The van der Waals surface area contributed by atoms with Gasteiger partial charge in [0, 0.05) is 30.6 Å². The summed E-state index contributed by atoms with van der Waals surface area (Å²) in [5.41, 5.74) is 0.524. The summed E-state index contributed by atoms with van der Waals surface area (Å²) in [4.78, 5) is 29.3. The van der Waals surface area contributed by atoms with Crippen LogP contribution in [0.4, 0.5) is 0 Å². The Morgan fingerprint density at radius 1 is 1.35 bits per heavy atom. The lowest BCUT2D eigenvalue weighted by molar-refractivity contribution is 0.0701. The Labute approximate surface area is 124 Å². The second-order valence-electron chi connectivity index (χ2n) is 4.14. The Balaban J connectivity index is 2.10. The van der Waals surface area contributed by atoms with Crippen LogP contribution in [0.1, 0.15) is 20.0 Å². The van der Waals surface area contributed by atoms with Crippen LogP contribution in [-0.4, -0.2) is 41.0 Å². The first-order valence-corrected chi connectivity index (χ1v) is 7.34. The third kappa shape index (κ3) is 3.37. The largest absolute Gasteiger partial charge is 0.477 e.